The smallest absolute Gasteiger partial charge is 0.331 e. The highest BCUT2D eigenvalue weighted by molar-refractivity contribution is 5.87. The van der Waals surface area contributed by atoms with E-state index in [1.807, 2.05) is 6.07 Å². The molecule has 2 aliphatic carbocycles. The van der Waals surface area contributed by atoms with Gasteiger partial charge in [-0.3, -0.25) is 24.0 Å². The van der Waals surface area contributed by atoms with E-state index >= 15 is 0 Å². The molecule has 0 spiro atoms. The summed E-state index contributed by atoms with van der Waals surface area (Å²) in [6, 6.07) is 8.97. The van der Waals surface area contributed by atoms with Crippen LogP contribution in [0.2, 0.25) is 0 Å². The summed E-state index contributed by atoms with van der Waals surface area (Å²) in [6.07, 6.45) is -2.19. The number of fused-ring (bicyclic) bond motifs is 2. The predicted molar refractivity (Wildman–Crippen MR) is 186 cm³/mol. The van der Waals surface area contributed by atoms with E-state index in [9.17, 15) is 33.9 Å². The summed E-state index contributed by atoms with van der Waals surface area (Å²) in [4.78, 5) is 75.7. The van der Waals surface area contributed by atoms with Crippen molar-refractivity contribution in [1.29, 1.82) is 0 Å². The molecule has 1 N–H and O–H groups in total. The highest BCUT2D eigenvalue weighted by Crippen LogP contribution is 2.51. The second kappa shape index (κ2) is 17.9. The van der Waals surface area contributed by atoms with Gasteiger partial charge in [-0.05, 0) is 54.5 Å². The van der Waals surface area contributed by atoms with Crippen LogP contribution in [0.15, 0.2) is 70.5 Å². The maximum atomic E-state index is 13.4. The van der Waals surface area contributed by atoms with Gasteiger partial charge in [0.25, 0.3) is 0 Å². The number of carbonyl (C=O) groups excluding carboxylic acids is 6. The third-order valence-corrected chi connectivity index (χ3v) is 9.09. The fourth-order valence-electron chi connectivity index (χ4n) is 6.79. The molecular formula is C39H48O13. The summed E-state index contributed by atoms with van der Waals surface area (Å²) in [7, 11) is 0. The van der Waals surface area contributed by atoms with Crippen molar-refractivity contribution in [3.8, 4) is 0 Å². The second-order valence-electron chi connectivity index (χ2n) is 13.4. The van der Waals surface area contributed by atoms with Crippen LogP contribution >= 0.6 is 0 Å². The number of carbonyl (C=O) groups is 6. The van der Waals surface area contributed by atoms with Crippen molar-refractivity contribution < 1.29 is 62.3 Å². The minimum Gasteiger partial charge on any atom is -0.461 e. The third-order valence-electron chi connectivity index (χ3n) is 9.09. The van der Waals surface area contributed by atoms with Gasteiger partial charge in [0, 0.05) is 64.2 Å². The van der Waals surface area contributed by atoms with Crippen LogP contribution in [0.25, 0.3) is 6.08 Å². The van der Waals surface area contributed by atoms with Crippen LogP contribution in [0.3, 0.4) is 0 Å². The molecule has 0 aromatic heterocycles. The van der Waals surface area contributed by atoms with Gasteiger partial charge in [0.05, 0.1) is 0 Å². The Morgan fingerprint density at radius 1 is 0.750 bits per heavy atom. The zero-order valence-electron chi connectivity index (χ0n) is 31.1. The number of hydrogen-bond acceptors (Lipinski definition) is 13. The van der Waals surface area contributed by atoms with Gasteiger partial charge in [-0.25, -0.2) is 4.79 Å². The number of rotatable bonds is 9. The van der Waals surface area contributed by atoms with Crippen LogP contribution in [0, 0.1) is 11.3 Å². The maximum Gasteiger partial charge on any atom is 0.331 e. The van der Waals surface area contributed by atoms with E-state index in [4.69, 9.17) is 28.4 Å². The van der Waals surface area contributed by atoms with Gasteiger partial charge in [0.15, 0.2) is 0 Å². The van der Waals surface area contributed by atoms with Gasteiger partial charge in [-0.1, -0.05) is 44.2 Å². The minimum absolute atomic E-state index is 0.116. The Bertz CT molecular complexity index is 1660. The first kappa shape index (κ1) is 41.4. The molecule has 0 heterocycles. The summed E-state index contributed by atoms with van der Waals surface area (Å²) in [6.45, 7) is 12.3. The van der Waals surface area contributed by atoms with Crippen LogP contribution in [-0.4, -0.2) is 78.0 Å². The first-order valence-electron chi connectivity index (χ1n) is 16.9. The number of aliphatic hydroxyl groups is 1. The summed E-state index contributed by atoms with van der Waals surface area (Å²) in [5.74, 6) is -5.26. The molecule has 2 aliphatic rings. The van der Waals surface area contributed by atoms with Crippen molar-refractivity contribution >= 4 is 41.9 Å². The lowest BCUT2D eigenvalue weighted by atomic mass is 9.60. The van der Waals surface area contributed by atoms with Gasteiger partial charge in [0.2, 0.25) is 0 Å². The average molecular weight is 725 g/mol. The molecule has 0 amide bonds. The molecule has 282 valence electrons. The molecule has 6 atom stereocenters. The molecule has 0 saturated carbocycles. The molecule has 13 heteroatoms. The highest BCUT2D eigenvalue weighted by atomic mass is 16.6. The number of benzene rings is 1. The van der Waals surface area contributed by atoms with Crippen LogP contribution in [0.1, 0.15) is 80.7 Å². The van der Waals surface area contributed by atoms with E-state index in [1.165, 1.54) is 45.9 Å². The lowest BCUT2D eigenvalue weighted by molar-refractivity contribution is -0.154. The zero-order valence-corrected chi connectivity index (χ0v) is 31.1. The Morgan fingerprint density at radius 2 is 1.33 bits per heavy atom. The molecule has 3 rings (SSSR count). The molecule has 1 aromatic rings. The van der Waals surface area contributed by atoms with Crippen molar-refractivity contribution in [3.05, 3.63) is 76.1 Å². The lowest BCUT2D eigenvalue weighted by Crippen LogP contribution is -2.48. The molecule has 2 bridgehead atoms. The quantitative estimate of drug-likeness (QED) is 0.158. The van der Waals surface area contributed by atoms with E-state index in [-0.39, 0.29) is 29.7 Å². The Labute approximate surface area is 303 Å². The first-order valence-corrected chi connectivity index (χ1v) is 16.9. The monoisotopic (exact) mass is 724 g/mol. The SMILES string of the molecule is CC(=O)OCC1=C[C@H](OC(C)=O)[C@@H]2C[C@H](OC(C)=O)C(C)=C([C@@H](O)/C(OC(C)=O)=C(\C)[C@@H](OC(C)=O)C[C@@H]1OC(=O)/C=C/c1ccccc1)C2(C)C. The first-order chi connectivity index (χ1) is 24.3. The fourth-order valence-corrected chi connectivity index (χ4v) is 6.79. The van der Waals surface area contributed by atoms with Crippen molar-refractivity contribution in [2.24, 2.45) is 11.3 Å². The number of hydrogen-bond donors (Lipinski definition) is 1. The molecule has 1 aromatic carbocycles. The van der Waals surface area contributed by atoms with E-state index in [0.29, 0.717) is 16.7 Å². The molecule has 13 nitrogen and oxygen atoms in total. The van der Waals surface area contributed by atoms with Crippen LogP contribution in [-0.2, 0) is 57.2 Å². The lowest BCUT2D eigenvalue weighted by Gasteiger charge is -2.48. The number of esters is 6. The van der Waals surface area contributed by atoms with Crippen LogP contribution in [0.5, 0.6) is 0 Å². The highest BCUT2D eigenvalue weighted by Gasteiger charge is 2.50. The molecule has 0 aliphatic heterocycles. The van der Waals surface area contributed by atoms with E-state index in [2.05, 4.69) is 0 Å². The molecule has 52 heavy (non-hydrogen) atoms. The van der Waals surface area contributed by atoms with Gasteiger partial charge < -0.3 is 33.5 Å². The van der Waals surface area contributed by atoms with Crippen molar-refractivity contribution in [3.63, 3.8) is 0 Å². The molecule has 0 saturated heterocycles. The van der Waals surface area contributed by atoms with Crippen LogP contribution < -0.4 is 0 Å². The molecular weight excluding hydrogens is 676 g/mol. The summed E-state index contributed by atoms with van der Waals surface area (Å²) < 4.78 is 34.4. The Morgan fingerprint density at radius 3 is 1.87 bits per heavy atom. The third kappa shape index (κ3) is 11.0. The van der Waals surface area contributed by atoms with Gasteiger partial charge in [-0.2, -0.15) is 0 Å². The number of aliphatic hydroxyl groups excluding tert-OH is 1. The Hall–Kier alpha value is -5.04. The van der Waals surface area contributed by atoms with Crippen molar-refractivity contribution in [2.45, 2.75) is 106 Å². The van der Waals surface area contributed by atoms with E-state index < -0.39 is 84.3 Å². The fraction of sp³-hybridized carbons (Fsp3) is 0.487. The second-order valence-corrected chi connectivity index (χ2v) is 13.4. The topological polar surface area (TPSA) is 178 Å². The normalized spacial score (nSPS) is 26.2. The van der Waals surface area contributed by atoms with E-state index in [1.54, 1.807) is 45.0 Å². The largest absolute Gasteiger partial charge is 0.461 e. The Balaban J connectivity index is 2.43. The maximum absolute atomic E-state index is 13.4. The van der Waals surface area contributed by atoms with Gasteiger partial charge >= 0.3 is 35.8 Å². The molecule has 0 unspecified atom stereocenters. The molecule has 0 fully saturated rings. The van der Waals surface area contributed by atoms with Gasteiger partial charge in [-0.15, -0.1) is 0 Å². The standard InChI is InChI=1S/C39H48O13/c1-21-31(48-24(4)41)18-30-34(50-26(6)43)17-29(20-47-23(3)40)33(52-35(45)16-15-28-13-11-10-12-14-28)19-32(49-25(5)42)22(2)38(51-27(7)44)37(46)36(21)39(30,8)9/h10-17,30-34,37,46H,18-20H2,1-9H3/b16-15+,29-17?,38-22-/t30-,31-,32-,33-,34-,37+/m0/s1. The number of ether oxygens (including phenoxy) is 6. The predicted octanol–water partition coefficient (Wildman–Crippen LogP) is 4.86. The Kier molecular flexibility index (Phi) is 14.3. The van der Waals surface area contributed by atoms with Crippen molar-refractivity contribution in [1.82, 2.24) is 0 Å². The summed E-state index contributed by atoms with van der Waals surface area (Å²) in [5, 5.41) is 12.2. The van der Waals surface area contributed by atoms with Crippen molar-refractivity contribution in [2.75, 3.05) is 6.61 Å². The van der Waals surface area contributed by atoms with Crippen LogP contribution in [0.4, 0.5) is 0 Å². The summed E-state index contributed by atoms with van der Waals surface area (Å²) >= 11 is 0. The zero-order chi connectivity index (χ0) is 38.9. The van der Waals surface area contributed by atoms with E-state index in [0.717, 1.165) is 13.8 Å². The summed E-state index contributed by atoms with van der Waals surface area (Å²) in [5.41, 5.74) is 0.719. The van der Waals surface area contributed by atoms with Gasteiger partial charge in [0.1, 0.15) is 42.9 Å². The average Bonchev–Trinajstić information content (AvgIpc) is 3.03. The minimum atomic E-state index is -1.64. The molecule has 0 radical (unpaired) electrons.